The summed E-state index contributed by atoms with van der Waals surface area (Å²) < 4.78 is 32.7. The van der Waals surface area contributed by atoms with E-state index in [0.717, 1.165) is 0 Å². The number of alkyl halides is 3. The number of ketones is 2. The molecule has 1 fully saturated rings. The zero-order chi connectivity index (χ0) is 19.8. The Morgan fingerprint density at radius 1 is 1.00 bits per heavy atom. The maximum Gasteiger partial charge on any atom is 0.320 e. The Balaban J connectivity index is 2.03. The molecule has 27 heavy (non-hydrogen) atoms. The van der Waals surface area contributed by atoms with E-state index in [1.54, 1.807) is 12.1 Å². The SMILES string of the molecule is O=C(c1ccccc1)C(O)[C@H]1O[C@@H](I)C(F)(F)[C@@]1(O)C(=O)c1ccccc1. The fourth-order valence-electron chi connectivity index (χ4n) is 2.98. The molecule has 2 aromatic rings. The van der Waals surface area contributed by atoms with Crippen molar-refractivity contribution in [3.63, 3.8) is 0 Å². The van der Waals surface area contributed by atoms with Crippen LogP contribution in [0.1, 0.15) is 20.7 Å². The molecule has 1 heterocycles. The Hall–Kier alpha value is -1.75. The third kappa shape index (κ3) is 3.20. The number of benzene rings is 2. The van der Waals surface area contributed by atoms with Crippen molar-refractivity contribution in [1.29, 1.82) is 0 Å². The van der Waals surface area contributed by atoms with E-state index in [0.29, 0.717) is 0 Å². The second kappa shape index (κ2) is 7.34. The second-order valence-corrected chi connectivity index (χ2v) is 7.26. The van der Waals surface area contributed by atoms with Gasteiger partial charge in [0.2, 0.25) is 11.4 Å². The van der Waals surface area contributed by atoms with Gasteiger partial charge in [-0.3, -0.25) is 9.59 Å². The van der Waals surface area contributed by atoms with Gasteiger partial charge in [0.1, 0.15) is 12.2 Å². The Kier molecular flexibility index (Phi) is 5.44. The van der Waals surface area contributed by atoms with Crippen LogP contribution in [0, 0.1) is 0 Å². The number of rotatable bonds is 5. The van der Waals surface area contributed by atoms with Gasteiger partial charge in [-0.05, 0) is 22.6 Å². The lowest BCUT2D eigenvalue weighted by molar-refractivity contribution is -0.142. The van der Waals surface area contributed by atoms with Crippen molar-refractivity contribution in [2.45, 2.75) is 27.8 Å². The summed E-state index contributed by atoms with van der Waals surface area (Å²) in [5.41, 5.74) is -3.54. The largest absolute Gasteiger partial charge is 0.382 e. The van der Waals surface area contributed by atoms with E-state index in [4.69, 9.17) is 4.74 Å². The molecular weight excluding hydrogens is 473 g/mol. The van der Waals surface area contributed by atoms with Crippen molar-refractivity contribution in [1.82, 2.24) is 0 Å². The molecule has 0 saturated carbocycles. The average molecular weight is 488 g/mol. The molecule has 1 saturated heterocycles. The maximum atomic E-state index is 14.8. The molecule has 2 aromatic carbocycles. The van der Waals surface area contributed by atoms with Gasteiger partial charge in [-0.25, -0.2) is 0 Å². The first kappa shape index (κ1) is 20.0. The quantitative estimate of drug-likeness (QED) is 0.384. The maximum absolute atomic E-state index is 14.8. The first-order valence-electron chi connectivity index (χ1n) is 7.98. The van der Waals surface area contributed by atoms with E-state index in [-0.39, 0.29) is 11.1 Å². The Morgan fingerprint density at radius 3 is 2.00 bits per heavy atom. The highest BCUT2D eigenvalue weighted by Gasteiger charge is 2.74. The number of carbonyl (C=O) groups is 2. The molecule has 0 bridgehead atoms. The van der Waals surface area contributed by atoms with Gasteiger partial charge < -0.3 is 14.9 Å². The predicted molar refractivity (Wildman–Crippen MR) is 100 cm³/mol. The van der Waals surface area contributed by atoms with Crippen molar-refractivity contribution in [3.05, 3.63) is 71.8 Å². The van der Waals surface area contributed by atoms with Crippen molar-refractivity contribution in [2.24, 2.45) is 0 Å². The van der Waals surface area contributed by atoms with Crippen molar-refractivity contribution >= 4 is 34.2 Å². The van der Waals surface area contributed by atoms with Crippen molar-refractivity contribution in [2.75, 3.05) is 0 Å². The summed E-state index contributed by atoms with van der Waals surface area (Å²) >= 11 is 1.23. The molecule has 4 atom stereocenters. The van der Waals surface area contributed by atoms with Crippen molar-refractivity contribution < 1.29 is 33.3 Å². The summed E-state index contributed by atoms with van der Waals surface area (Å²) in [6, 6.07) is 14.5. The summed E-state index contributed by atoms with van der Waals surface area (Å²) in [7, 11) is 0. The first-order valence-corrected chi connectivity index (χ1v) is 9.22. The van der Waals surface area contributed by atoms with E-state index < -0.39 is 39.4 Å². The van der Waals surface area contributed by atoms with Gasteiger partial charge in [0.05, 0.1) is 0 Å². The summed E-state index contributed by atoms with van der Waals surface area (Å²) in [6.07, 6.45) is -4.29. The van der Waals surface area contributed by atoms with Gasteiger partial charge >= 0.3 is 5.92 Å². The molecule has 2 N–H and O–H groups in total. The average Bonchev–Trinajstić information content (AvgIpc) is 2.88. The molecule has 0 radical (unpaired) electrons. The molecule has 0 amide bonds. The number of ether oxygens (including phenoxy) is 1. The Labute approximate surface area is 167 Å². The van der Waals surface area contributed by atoms with Crippen LogP contribution in [0.4, 0.5) is 8.78 Å². The van der Waals surface area contributed by atoms with Crippen LogP contribution in [0.25, 0.3) is 0 Å². The van der Waals surface area contributed by atoms with Crippen LogP contribution >= 0.6 is 22.6 Å². The van der Waals surface area contributed by atoms with Crippen LogP contribution in [0.2, 0.25) is 0 Å². The molecule has 142 valence electrons. The van der Waals surface area contributed by atoms with Gasteiger partial charge in [0.25, 0.3) is 0 Å². The van der Waals surface area contributed by atoms with Gasteiger partial charge in [0, 0.05) is 11.1 Å². The summed E-state index contributed by atoms with van der Waals surface area (Å²) in [5.74, 6) is -6.28. The standard InChI is InChI=1S/C19H15F2IO5/c20-19(21)17(22)27-16(14(24)13(23)11-7-3-1-4-8-11)18(19,26)15(25)12-9-5-2-6-10-12/h1-10,14,16-17,24,26H/t14?,16-,17-,18-/m1/s1. The van der Waals surface area contributed by atoms with Crippen LogP contribution in [0.3, 0.4) is 0 Å². The predicted octanol–water partition coefficient (Wildman–Crippen LogP) is 2.64. The summed E-state index contributed by atoms with van der Waals surface area (Å²) in [6.45, 7) is 0. The number of carbonyl (C=O) groups excluding carboxylic acids is 2. The molecule has 0 spiro atoms. The lowest BCUT2D eigenvalue weighted by Gasteiger charge is -2.33. The van der Waals surface area contributed by atoms with E-state index in [1.807, 2.05) is 0 Å². The number of aliphatic hydroxyl groups excluding tert-OH is 1. The summed E-state index contributed by atoms with van der Waals surface area (Å²) in [5, 5.41) is 21.2. The van der Waals surface area contributed by atoms with Crippen molar-refractivity contribution in [3.8, 4) is 0 Å². The molecule has 1 aliphatic heterocycles. The normalized spacial score (nSPS) is 27.9. The second-order valence-electron chi connectivity index (χ2n) is 6.13. The van der Waals surface area contributed by atoms with E-state index in [1.165, 1.54) is 71.1 Å². The molecule has 1 aliphatic rings. The molecule has 0 aromatic heterocycles. The smallest absolute Gasteiger partial charge is 0.320 e. The van der Waals surface area contributed by atoms with Gasteiger partial charge in [0.15, 0.2) is 9.89 Å². The number of hydrogen-bond donors (Lipinski definition) is 2. The van der Waals surface area contributed by atoms with Crippen LogP contribution in [-0.4, -0.2) is 49.6 Å². The zero-order valence-corrected chi connectivity index (χ0v) is 15.9. The molecular formula is C19H15F2IO5. The van der Waals surface area contributed by atoms with E-state index >= 15 is 0 Å². The minimum Gasteiger partial charge on any atom is -0.382 e. The Morgan fingerprint density at radius 2 is 1.48 bits per heavy atom. The molecule has 3 rings (SSSR count). The lowest BCUT2D eigenvalue weighted by Crippen LogP contribution is -2.62. The molecule has 1 unspecified atom stereocenters. The number of hydrogen-bond acceptors (Lipinski definition) is 5. The van der Waals surface area contributed by atoms with Crippen LogP contribution in [-0.2, 0) is 4.74 Å². The first-order chi connectivity index (χ1) is 12.7. The number of aliphatic hydroxyl groups is 2. The van der Waals surface area contributed by atoms with Crippen LogP contribution in [0.15, 0.2) is 60.7 Å². The third-order valence-electron chi connectivity index (χ3n) is 4.47. The minimum atomic E-state index is -4.02. The fraction of sp³-hybridized carbons (Fsp3) is 0.263. The van der Waals surface area contributed by atoms with Crippen LogP contribution < -0.4 is 0 Å². The molecule has 8 heteroatoms. The number of Topliss-reactive ketones (excluding diaryl/α,β-unsaturated/α-hetero) is 2. The topological polar surface area (TPSA) is 83.8 Å². The van der Waals surface area contributed by atoms with E-state index in [2.05, 4.69) is 0 Å². The fourth-order valence-corrected chi connectivity index (χ4v) is 3.77. The molecule has 5 nitrogen and oxygen atoms in total. The Bertz CT molecular complexity index is 846. The summed E-state index contributed by atoms with van der Waals surface area (Å²) in [4.78, 5) is 25.3. The van der Waals surface area contributed by atoms with Crippen LogP contribution in [0.5, 0.6) is 0 Å². The highest BCUT2D eigenvalue weighted by atomic mass is 127. The highest BCUT2D eigenvalue weighted by molar-refractivity contribution is 14.1. The minimum absolute atomic E-state index is 0.0448. The lowest BCUT2D eigenvalue weighted by atomic mass is 9.80. The third-order valence-corrected chi connectivity index (χ3v) is 5.54. The zero-order valence-electron chi connectivity index (χ0n) is 13.8. The molecule has 0 aliphatic carbocycles. The number of halogens is 3. The van der Waals surface area contributed by atoms with Gasteiger partial charge in [-0.1, -0.05) is 60.7 Å². The van der Waals surface area contributed by atoms with Gasteiger partial charge in [-0.15, -0.1) is 0 Å². The van der Waals surface area contributed by atoms with E-state index in [9.17, 15) is 28.6 Å². The van der Waals surface area contributed by atoms with Gasteiger partial charge in [-0.2, -0.15) is 8.78 Å². The monoisotopic (exact) mass is 488 g/mol. The highest BCUT2D eigenvalue weighted by Crippen LogP contribution is 2.49.